The molecule has 3 aromatic heterocycles. The number of carboxylic acid groups (broad SMARTS) is 1. The molecule has 0 radical (unpaired) electrons. The van der Waals surface area contributed by atoms with Gasteiger partial charge in [0.25, 0.3) is 0 Å². The molecule has 0 aliphatic carbocycles. The molecule has 0 fully saturated rings. The Kier molecular flexibility index (Phi) is 3.16. The van der Waals surface area contributed by atoms with Crippen molar-refractivity contribution in [3.05, 3.63) is 54.3 Å². The van der Waals surface area contributed by atoms with Crippen molar-refractivity contribution in [2.75, 3.05) is 0 Å². The summed E-state index contributed by atoms with van der Waals surface area (Å²) in [4.78, 5) is 19.8. The van der Waals surface area contributed by atoms with E-state index in [1.54, 1.807) is 12.1 Å². The summed E-state index contributed by atoms with van der Waals surface area (Å²) < 4.78 is 4.93. The molecule has 3 heterocycles. The Morgan fingerprint density at radius 2 is 2.05 bits per heavy atom. The highest BCUT2D eigenvalue weighted by Crippen LogP contribution is 2.20. The topological polar surface area (TPSA) is 127 Å². The first kappa shape index (κ1) is 12.9. The van der Waals surface area contributed by atoms with Crippen molar-refractivity contribution in [1.29, 1.82) is 0 Å². The molecular formula is C12H9N5O4. The number of aliphatic hydroxyl groups is 1. The van der Waals surface area contributed by atoms with E-state index < -0.39 is 12.1 Å². The van der Waals surface area contributed by atoms with Crippen LogP contribution in [0.15, 0.2) is 41.4 Å². The first-order valence-corrected chi connectivity index (χ1v) is 5.84. The molecule has 3 aromatic rings. The Morgan fingerprint density at radius 1 is 1.29 bits per heavy atom. The van der Waals surface area contributed by atoms with Gasteiger partial charge in [-0.15, -0.1) is 0 Å². The maximum atomic E-state index is 10.7. The van der Waals surface area contributed by atoms with Crippen LogP contribution in [0.3, 0.4) is 0 Å². The molecule has 106 valence electrons. The maximum absolute atomic E-state index is 10.7. The van der Waals surface area contributed by atoms with Crippen molar-refractivity contribution in [2.45, 2.75) is 6.10 Å². The van der Waals surface area contributed by atoms with Crippen LogP contribution in [0.2, 0.25) is 0 Å². The summed E-state index contributed by atoms with van der Waals surface area (Å²) in [5, 5.41) is 26.7. The summed E-state index contributed by atoms with van der Waals surface area (Å²) >= 11 is 0. The Balaban J connectivity index is 1.84. The smallest absolute Gasteiger partial charge is 0.357 e. The SMILES string of the molecule is O=C(O)c1coc(C(O)c2ccc(-n3nccn3)cn2)n1. The van der Waals surface area contributed by atoms with Gasteiger partial charge in [-0.3, -0.25) is 4.98 Å². The number of carboxylic acids is 1. The Bertz CT molecular complexity index is 750. The van der Waals surface area contributed by atoms with Crippen LogP contribution in [0, 0.1) is 0 Å². The fraction of sp³-hybridized carbons (Fsp3) is 0.0833. The number of aliphatic hydroxyl groups excluding tert-OH is 1. The number of nitrogens with zero attached hydrogens (tertiary/aromatic N) is 5. The third-order valence-electron chi connectivity index (χ3n) is 2.68. The summed E-state index contributed by atoms with van der Waals surface area (Å²) in [6.07, 6.45) is 4.24. The van der Waals surface area contributed by atoms with Crippen molar-refractivity contribution in [3.63, 3.8) is 0 Å². The summed E-state index contributed by atoms with van der Waals surface area (Å²) in [5.41, 5.74) is 0.612. The molecular weight excluding hydrogens is 278 g/mol. The first-order chi connectivity index (χ1) is 10.1. The molecule has 0 saturated carbocycles. The van der Waals surface area contributed by atoms with Gasteiger partial charge in [-0.2, -0.15) is 15.0 Å². The van der Waals surface area contributed by atoms with Crippen LogP contribution in [0.1, 0.15) is 28.2 Å². The fourth-order valence-corrected chi connectivity index (χ4v) is 1.66. The zero-order chi connectivity index (χ0) is 14.8. The molecule has 0 bridgehead atoms. The third-order valence-corrected chi connectivity index (χ3v) is 2.68. The summed E-state index contributed by atoms with van der Waals surface area (Å²) in [5.74, 6) is -1.37. The van der Waals surface area contributed by atoms with Gasteiger partial charge in [-0.1, -0.05) is 0 Å². The minimum atomic E-state index is -1.25. The highest BCUT2D eigenvalue weighted by Gasteiger charge is 2.20. The van der Waals surface area contributed by atoms with E-state index in [1.807, 2.05) is 0 Å². The number of hydrogen-bond donors (Lipinski definition) is 2. The van der Waals surface area contributed by atoms with Crippen LogP contribution >= 0.6 is 0 Å². The van der Waals surface area contributed by atoms with E-state index in [0.29, 0.717) is 5.69 Å². The van der Waals surface area contributed by atoms with Gasteiger partial charge >= 0.3 is 5.97 Å². The van der Waals surface area contributed by atoms with Crippen LogP contribution in [0.25, 0.3) is 5.69 Å². The highest BCUT2D eigenvalue weighted by atomic mass is 16.4. The van der Waals surface area contributed by atoms with E-state index >= 15 is 0 Å². The van der Waals surface area contributed by atoms with Gasteiger partial charge in [-0.05, 0) is 12.1 Å². The number of hydrogen-bond acceptors (Lipinski definition) is 7. The molecule has 9 nitrogen and oxygen atoms in total. The van der Waals surface area contributed by atoms with Crippen LogP contribution in [0.5, 0.6) is 0 Å². The Morgan fingerprint density at radius 3 is 2.62 bits per heavy atom. The van der Waals surface area contributed by atoms with Crippen molar-refractivity contribution < 1.29 is 19.4 Å². The van der Waals surface area contributed by atoms with E-state index in [2.05, 4.69) is 20.2 Å². The molecule has 1 unspecified atom stereocenters. The minimum Gasteiger partial charge on any atom is -0.476 e. The number of aromatic nitrogens is 5. The molecule has 0 aliphatic heterocycles. The van der Waals surface area contributed by atoms with Gasteiger partial charge in [0.05, 0.1) is 24.3 Å². The second-order valence-corrected chi connectivity index (χ2v) is 4.04. The van der Waals surface area contributed by atoms with Crippen molar-refractivity contribution in [1.82, 2.24) is 25.0 Å². The zero-order valence-corrected chi connectivity index (χ0v) is 10.5. The van der Waals surface area contributed by atoms with Gasteiger partial charge in [0.2, 0.25) is 5.89 Å². The van der Waals surface area contributed by atoms with E-state index in [9.17, 15) is 9.90 Å². The molecule has 3 rings (SSSR count). The lowest BCUT2D eigenvalue weighted by atomic mass is 10.2. The van der Waals surface area contributed by atoms with E-state index in [0.717, 1.165) is 6.26 Å². The normalized spacial score (nSPS) is 12.2. The monoisotopic (exact) mass is 287 g/mol. The molecule has 0 aromatic carbocycles. The number of carbonyl (C=O) groups is 1. The Labute approximate surface area is 117 Å². The van der Waals surface area contributed by atoms with E-state index in [1.165, 1.54) is 23.4 Å². The molecule has 9 heteroatoms. The second-order valence-electron chi connectivity index (χ2n) is 4.04. The second kappa shape index (κ2) is 5.13. The Hall–Kier alpha value is -3.07. The zero-order valence-electron chi connectivity index (χ0n) is 10.5. The van der Waals surface area contributed by atoms with Crippen molar-refractivity contribution in [2.24, 2.45) is 0 Å². The molecule has 0 saturated heterocycles. The first-order valence-electron chi connectivity index (χ1n) is 5.84. The quantitative estimate of drug-likeness (QED) is 0.707. The average Bonchev–Trinajstić information content (AvgIpc) is 3.18. The average molecular weight is 287 g/mol. The van der Waals surface area contributed by atoms with Crippen LogP contribution in [-0.4, -0.2) is 41.1 Å². The lowest BCUT2D eigenvalue weighted by Gasteiger charge is -2.06. The van der Waals surface area contributed by atoms with Crippen LogP contribution in [0.4, 0.5) is 0 Å². The standard InChI is InChI=1S/C12H9N5O4/c18-10(11-16-9(6-21-11)12(19)20)8-2-1-7(5-13-8)17-14-3-4-15-17/h1-6,10,18H,(H,19,20). The summed E-state index contributed by atoms with van der Waals surface area (Å²) in [6.45, 7) is 0. The lowest BCUT2D eigenvalue weighted by Crippen LogP contribution is -2.06. The maximum Gasteiger partial charge on any atom is 0.357 e. The largest absolute Gasteiger partial charge is 0.476 e. The minimum absolute atomic E-state index is 0.134. The molecule has 21 heavy (non-hydrogen) atoms. The van der Waals surface area contributed by atoms with Crippen molar-refractivity contribution in [3.8, 4) is 5.69 Å². The fourth-order valence-electron chi connectivity index (χ4n) is 1.66. The summed E-state index contributed by atoms with van der Waals surface area (Å²) in [7, 11) is 0. The van der Waals surface area contributed by atoms with Gasteiger partial charge in [0.1, 0.15) is 12.0 Å². The van der Waals surface area contributed by atoms with Crippen molar-refractivity contribution >= 4 is 5.97 Å². The van der Waals surface area contributed by atoms with Gasteiger partial charge in [-0.25, -0.2) is 9.78 Å². The lowest BCUT2D eigenvalue weighted by molar-refractivity contribution is 0.0690. The van der Waals surface area contributed by atoms with Gasteiger partial charge < -0.3 is 14.6 Å². The van der Waals surface area contributed by atoms with Crippen LogP contribution < -0.4 is 0 Å². The number of pyridine rings is 1. The number of rotatable bonds is 4. The number of oxazole rings is 1. The summed E-state index contributed by atoms with van der Waals surface area (Å²) in [6, 6.07) is 3.21. The molecule has 0 amide bonds. The predicted octanol–water partition coefficient (Wildman–Crippen LogP) is 0.430. The predicted molar refractivity (Wildman–Crippen MR) is 66.7 cm³/mol. The molecule has 0 aliphatic rings. The van der Waals surface area contributed by atoms with Gasteiger partial charge in [0.15, 0.2) is 11.8 Å². The third kappa shape index (κ3) is 2.49. The van der Waals surface area contributed by atoms with Gasteiger partial charge in [0, 0.05) is 0 Å². The van der Waals surface area contributed by atoms with Crippen LogP contribution in [-0.2, 0) is 0 Å². The van der Waals surface area contributed by atoms with E-state index in [4.69, 9.17) is 9.52 Å². The highest BCUT2D eigenvalue weighted by molar-refractivity contribution is 5.84. The number of aromatic carboxylic acids is 1. The molecule has 1 atom stereocenters. The van der Waals surface area contributed by atoms with E-state index in [-0.39, 0.29) is 17.3 Å². The molecule has 2 N–H and O–H groups in total. The molecule has 0 spiro atoms.